The van der Waals surface area contributed by atoms with Crippen LogP contribution >= 0.6 is 0 Å². The minimum Gasteiger partial charge on any atom is -0.496 e. The van der Waals surface area contributed by atoms with Crippen LogP contribution in [0.2, 0.25) is 0 Å². The van der Waals surface area contributed by atoms with Gasteiger partial charge in [-0.3, -0.25) is 0 Å². The van der Waals surface area contributed by atoms with Crippen LogP contribution in [0.1, 0.15) is 16.7 Å². The van der Waals surface area contributed by atoms with E-state index >= 15 is 0 Å². The maximum absolute atomic E-state index is 8.73. The predicted octanol–water partition coefficient (Wildman–Crippen LogP) is 3.49. The van der Waals surface area contributed by atoms with Crippen molar-refractivity contribution in [2.24, 2.45) is 0 Å². The third-order valence-corrected chi connectivity index (χ3v) is 2.97. The number of hydrogen-bond acceptors (Lipinski definition) is 3. The number of anilines is 1. The summed E-state index contributed by atoms with van der Waals surface area (Å²) < 4.78 is 5.24. The molecular weight excluding hydrogens is 236 g/mol. The zero-order chi connectivity index (χ0) is 13.7. The number of nitrogens with one attached hydrogen (secondary N) is 1. The first kappa shape index (κ1) is 13.0. The maximum atomic E-state index is 8.73. The lowest BCUT2D eigenvalue weighted by Gasteiger charge is -2.09. The van der Waals surface area contributed by atoms with Gasteiger partial charge in [0.1, 0.15) is 5.75 Å². The summed E-state index contributed by atoms with van der Waals surface area (Å²) >= 11 is 0. The molecule has 2 aromatic carbocycles. The first-order valence-corrected chi connectivity index (χ1v) is 6.10. The van der Waals surface area contributed by atoms with Crippen molar-refractivity contribution in [2.45, 2.75) is 13.5 Å². The first-order valence-electron chi connectivity index (χ1n) is 6.10. The van der Waals surface area contributed by atoms with Crippen LogP contribution in [0.15, 0.2) is 42.5 Å². The van der Waals surface area contributed by atoms with E-state index in [2.05, 4.69) is 17.5 Å². The summed E-state index contributed by atoms with van der Waals surface area (Å²) in [5.74, 6) is 0.905. The van der Waals surface area contributed by atoms with Crippen molar-refractivity contribution in [3.05, 3.63) is 59.2 Å². The van der Waals surface area contributed by atoms with Gasteiger partial charge in [0.05, 0.1) is 18.7 Å². The van der Waals surface area contributed by atoms with Crippen LogP contribution in [0, 0.1) is 18.3 Å². The summed E-state index contributed by atoms with van der Waals surface area (Å²) in [7, 11) is 1.68. The summed E-state index contributed by atoms with van der Waals surface area (Å²) in [4.78, 5) is 0. The molecule has 0 aliphatic carbocycles. The second-order valence-corrected chi connectivity index (χ2v) is 4.35. The monoisotopic (exact) mass is 252 g/mol. The van der Waals surface area contributed by atoms with Crippen LogP contribution in [0.4, 0.5) is 5.69 Å². The smallest absolute Gasteiger partial charge is 0.121 e. The van der Waals surface area contributed by atoms with Crippen molar-refractivity contribution in [3.63, 3.8) is 0 Å². The van der Waals surface area contributed by atoms with Crippen molar-refractivity contribution < 1.29 is 4.74 Å². The molecule has 3 heteroatoms. The van der Waals surface area contributed by atoms with Gasteiger partial charge in [0.2, 0.25) is 0 Å². The van der Waals surface area contributed by atoms with Gasteiger partial charge in [-0.15, -0.1) is 0 Å². The van der Waals surface area contributed by atoms with Crippen LogP contribution in [-0.2, 0) is 6.54 Å². The van der Waals surface area contributed by atoms with Gasteiger partial charge in [-0.05, 0) is 48.4 Å². The van der Waals surface area contributed by atoms with Crippen molar-refractivity contribution in [1.29, 1.82) is 5.26 Å². The Morgan fingerprint density at radius 3 is 2.47 bits per heavy atom. The van der Waals surface area contributed by atoms with E-state index < -0.39 is 0 Å². The predicted molar refractivity (Wildman–Crippen MR) is 76.2 cm³/mol. The van der Waals surface area contributed by atoms with Gasteiger partial charge in [0.25, 0.3) is 0 Å². The van der Waals surface area contributed by atoms with Crippen molar-refractivity contribution in [2.75, 3.05) is 12.4 Å². The van der Waals surface area contributed by atoms with E-state index in [0.717, 1.165) is 23.5 Å². The van der Waals surface area contributed by atoms with Crippen LogP contribution in [0.5, 0.6) is 5.75 Å². The molecule has 3 nitrogen and oxygen atoms in total. The maximum Gasteiger partial charge on any atom is 0.121 e. The second-order valence-electron chi connectivity index (χ2n) is 4.35. The lowest BCUT2D eigenvalue weighted by atomic mass is 10.1. The third-order valence-electron chi connectivity index (χ3n) is 2.97. The van der Waals surface area contributed by atoms with Crippen LogP contribution in [0.3, 0.4) is 0 Å². The van der Waals surface area contributed by atoms with E-state index in [0.29, 0.717) is 5.56 Å². The highest BCUT2D eigenvalue weighted by Gasteiger charge is 2.00. The average Bonchev–Trinajstić information content (AvgIpc) is 2.46. The van der Waals surface area contributed by atoms with Gasteiger partial charge in [0.15, 0.2) is 0 Å². The fourth-order valence-corrected chi connectivity index (χ4v) is 1.92. The van der Waals surface area contributed by atoms with Gasteiger partial charge in [-0.1, -0.05) is 12.1 Å². The molecule has 0 bridgehead atoms. The average molecular weight is 252 g/mol. The molecule has 0 fully saturated rings. The Hall–Kier alpha value is -2.47. The minimum absolute atomic E-state index is 0.672. The highest BCUT2D eigenvalue weighted by Crippen LogP contribution is 2.19. The van der Waals surface area contributed by atoms with Crippen molar-refractivity contribution >= 4 is 5.69 Å². The molecule has 0 radical (unpaired) electrons. The van der Waals surface area contributed by atoms with Crippen molar-refractivity contribution in [3.8, 4) is 11.8 Å². The second kappa shape index (κ2) is 5.92. The molecule has 2 rings (SSSR count). The Bertz CT molecular complexity index is 597. The SMILES string of the molecule is COc1ccc(CNc2ccc(C#N)cc2)cc1C. The topological polar surface area (TPSA) is 45.0 Å². The van der Waals surface area contributed by atoms with Gasteiger partial charge in [-0.2, -0.15) is 5.26 Å². The zero-order valence-corrected chi connectivity index (χ0v) is 11.1. The quantitative estimate of drug-likeness (QED) is 0.906. The Morgan fingerprint density at radius 2 is 1.89 bits per heavy atom. The Balaban J connectivity index is 2.02. The number of methoxy groups -OCH3 is 1. The van der Waals surface area contributed by atoms with Crippen LogP contribution in [-0.4, -0.2) is 7.11 Å². The number of ether oxygens (including phenoxy) is 1. The van der Waals surface area contributed by atoms with E-state index in [9.17, 15) is 0 Å². The Morgan fingerprint density at radius 1 is 1.16 bits per heavy atom. The highest BCUT2D eigenvalue weighted by atomic mass is 16.5. The van der Waals surface area contributed by atoms with Gasteiger partial charge < -0.3 is 10.1 Å². The van der Waals surface area contributed by atoms with E-state index in [1.165, 1.54) is 5.56 Å². The van der Waals surface area contributed by atoms with Gasteiger partial charge >= 0.3 is 0 Å². The molecular formula is C16H16N2O. The lowest BCUT2D eigenvalue weighted by Crippen LogP contribution is -2.00. The number of rotatable bonds is 4. The standard InChI is InChI=1S/C16H16N2O/c1-12-9-14(5-8-16(12)19-2)11-18-15-6-3-13(10-17)4-7-15/h3-9,18H,11H2,1-2H3. The number of benzene rings is 2. The Kier molecular flexibility index (Phi) is 4.04. The highest BCUT2D eigenvalue weighted by molar-refractivity contribution is 5.48. The summed E-state index contributed by atoms with van der Waals surface area (Å²) in [6, 6.07) is 15.7. The Labute approximate surface area is 113 Å². The molecule has 0 unspecified atom stereocenters. The normalized spacial score (nSPS) is 9.74. The summed E-state index contributed by atoms with van der Waals surface area (Å²) in [6.07, 6.45) is 0. The molecule has 0 saturated heterocycles. The molecule has 96 valence electrons. The van der Waals surface area contributed by atoms with Crippen LogP contribution in [0.25, 0.3) is 0 Å². The van der Waals surface area contributed by atoms with Gasteiger partial charge in [-0.25, -0.2) is 0 Å². The van der Waals surface area contributed by atoms with E-state index in [1.54, 1.807) is 7.11 Å². The fraction of sp³-hybridized carbons (Fsp3) is 0.188. The molecule has 0 spiro atoms. The molecule has 0 saturated carbocycles. The van der Waals surface area contributed by atoms with E-state index in [1.807, 2.05) is 43.3 Å². The summed E-state index contributed by atoms with van der Waals surface area (Å²) in [6.45, 7) is 2.78. The summed E-state index contributed by atoms with van der Waals surface area (Å²) in [5.41, 5.74) is 4.00. The van der Waals surface area contributed by atoms with Crippen molar-refractivity contribution in [1.82, 2.24) is 0 Å². The lowest BCUT2D eigenvalue weighted by molar-refractivity contribution is 0.411. The molecule has 19 heavy (non-hydrogen) atoms. The van der Waals surface area contributed by atoms with E-state index in [-0.39, 0.29) is 0 Å². The van der Waals surface area contributed by atoms with E-state index in [4.69, 9.17) is 10.00 Å². The fourth-order valence-electron chi connectivity index (χ4n) is 1.92. The molecule has 0 heterocycles. The number of hydrogen-bond donors (Lipinski definition) is 1. The molecule has 0 aliphatic heterocycles. The number of aryl methyl sites for hydroxylation is 1. The zero-order valence-electron chi connectivity index (χ0n) is 11.1. The molecule has 2 aromatic rings. The number of nitrogens with zero attached hydrogens (tertiary/aromatic N) is 1. The van der Waals surface area contributed by atoms with Gasteiger partial charge in [0, 0.05) is 12.2 Å². The molecule has 0 amide bonds. The molecule has 0 aromatic heterocycles. The third kappa shape index (κ3) is 3.26. The molecule has 0 aliphatic rings. The molecule has 0 atom stereocenters. The number of nitriles is 1. The largest absolute Gasteiger partial charge is 0.496 e. The molecule has 1 N–H and O–H groups in total. The summed E-state index contributed by atoms with van der Waals surface area (Å²) in [5, 5.41) is 12.1. The minimum atomic E-state index is 0.672. The van der Waals surface area contributed by atoms with Crippen LogP contribution < -0.4 is 10.1 Å². The first-order chi connectivity index (χ1) is 9.22.